The molecule has 0 fully saturated rings. The van der Waals surface area contributed by atoms with Crippen molar-refractivity contribution >= 4 is 5.71 Å². The lowest BCUT2D eigenvalue weighted by molar-refractivity contribution is -0.463. The first-order valence-corrected chi connectivity index (χ1v) is 2.35. The molecule has 1 N–H and O–H groups in total. The van der Waals surface area contributed by atoms with Crippen molar-refractivity contribution in [3.05, 3.63) is 10.1 Å². The number of nitrogens with one attached hydrogen (secondary N) is 1. The first kappa shape index (κ1) is 7.07. The predicted molar refractivity (Wildman–Crippen MR) is 29.9 cm³/mol. The maximum Gasteiger partial charge on any atom is 0.241 e. The lowest BCUT2D eigenvalue weighted by atomic mass is 10.3. The van der Waals surface area contributed by atoms with E-state index in [1.54, 1.807) is 6.92 Å². The summed E-state index contributed by atoms with van der Waals surface area (Å²) in [5.74, 6) is 0. The molecule has 0 amide bonds. The molecule has 0 aromatic rings. The quantitative estimate of drug-likeness (QED) is 0.335. The number of hydrogen-bond acceptors (Lipinski definition) is 3. The van der Waals surface area contributed by atoms with E-state index in [0.29, 0.717) is 6.42 Å². The molecule has 0 radical (unpaired) electrons. The van der Waals surface area contributed by atoms with E-state index in [9.17, 15) is 10.1 Å². The summed E-state index contributed by atoms with van der Waals surface area (Å²) in [7, 11) is 0. The van der Waals surface area contributed by atoms with E-state index in [-0.39, 0.29) is 12.3 Å². The van der Waals surface area contributed by atoms with Crippen LogP contribution in [0.1, 0.15) is 13.3 Å². The van der Waals surface area contributed by atoms with E-state index in [4.69, 9.17) is 5.41 Å². The lowest BCUT2D eigenvalue weighted by Crippen LogP contribution is -2.10. The maximum absolute atomic E-state index is 9.63. The topological polar surface area (TPSA) is 67.0 Å². The molecule has 46 valence electrons. The third-order valence-corrected chi connectivity index (χ3v) is 0.747. The average molecular weight is 116 g/mol. The molecule has 0 saturated heterocycles. The summed E-state index contributed by atoms with van der Waals surface area (Å²) in [6, 6.07) is 0. The molecule has 4 nitrogen and oxygen atoms in total. The third kappa shape index (κ3) is 3.27. The van der Waals surface area contributed by atoms with E-state index in [1.807, 2.05) is 0 Å². The van der Waals surface area contributed by atoms with Crippen molar-refractivity contribution in [2.24, 2.45) is 0 Å². The minimum absolute atomic E-state index is 0.176. The van der Waals surface area contributed by atoms with Crippen LogP contribution in [0.3, 0.4) is 0 Å². The number of rotatable bonds is 3. The van der Waals surface area contributed by atoms with E-state index in [1.165, 1.54) is 0 Å². The fraction of sp³-hybridized carbons (Fsp3) is 0.750. The minimum atomic E-state index is -0.494. The normalized spacial score (nSPS) is 8.62. The van der Waals surface area contributed by atoms with Crippen molar-refractivity contribution in [1.82, 2.24) is 0 Å². The Morgan fingerprint density at radius 1 is 1.88 bits per heavy atom. The van der Waals surface area contributed by atoms with Crippen molar-refractivity contribution in [3.63, 3.8) is 0 Å². The molecule has 0 heterocycles. The molecule has 0 aromatic heterocycles. The molecule has 0 atom stereocenters. The fourth-order valence-electron chi connectivity index (χ4n) is 0.268. The van der Waals surface area contributed by atoms with Crippen LogP contribution in [-0.2, 0) is 0 Å². The van der Waals surface area contributed by atoms with Crippen molar-refractivity contribution in [1.29, 1.82) is 5.41 Å². The lowest BCUT2D eigenvalue weighted by Gasteiger charge is -1.89. The summed E-state index contributed by atoms with van der Waals surface area (Å²) in [6.45, 7) is 1.42. The van der Waals surface area contributed by atoms with Gasteiger partial charge in [0.05, 0.1) is 5.71 Å². The van der Waals surface area contributed by atoms with Crippen molar-refractivity contribution < 1.29 is 4.92 Å². The Morgan fingerprint density at radius 3 is 2.50 bits per heavy atom. The van der Waals surface area contributed by atoms with Crippen LogP contribution in [0.15, 0.2) is 0 Å². The van der Waals surface area contributed by atoms with Gasteiger partial charge in [0.1, 0.15) is 0 Å². The summed E-state index contributed by atoms with van der Waals surface area (Å²) in [6.07, 6.45) is 0.473. The zero-order valence-corrected chi connectivity index (χ0v) is 4.68. The van der Waals surface area contributed by atoms with Gasteiger partial charge >= 0.3 is 0 Å². The average Bonchev–Trinajstić information content (AvgIpc) is 1.65. The number of nitro groups is 1. The van der Waals surface area contributed by atoms with Crippen LogP contribution in [0.25, 0.3) is 0 Å². The van der Waals surface area contributed by atoms with Gasteiger partial charge in [-0.05, 0) is 6.42 Å². The van der Waals surface area contributed by atoms with E-state index >= 15 is 0 Å². The Balaban J connectivity index is 3.40. The predicted octanol–water partition coefficient (Wildman–Crippen LogP) is 0.693. The maximum atomic E-state index is 9.63. The van der Waals surface area contributed by atoms with Crippen LogP contribution in [0, 0.1) is 15.5 Å². The molecule has 0 unspecified atom stereocenters. The largest absolute Gasteiger partial charge is 0.303 e. The monoisotopic (exact) mass is 116 g/mol. The molecule has 0 bridgehead atoms. The van der Waals surface area contributed by atoms with E-state index in [0.717, 1.165) is 0 Å². The Labute approximate surface area is 47.2 Å². The molecule has 0 rings (SSSR count). The highest BCUT2D eigenvalue weighted by Crippen LogP contribution is 1.80. The van der Waals surface area contributed by atoms with E-state index in [2.05, 4.69) is 0 Å². The summed E-state index contributed by atoms with van der Waals surface area (Å²) in [5, 5.41) is 16.5. The molecular weight excluding hydrogens is 108 g/mol. The standard InChI is InChI=1S/C4H8N2O2/c1-2-4(5)3-6(7)8/h5H,2-3H2,1H3. The van der Waals surface area contributed by atoms with Gasteiger partial charge in [-0.3, -0.25) is 10.1 Å². The second-order valence-corrected chi connectivity index (χ2v) is 1.45. The van der Waals surface area contributed by atoms with Crippen LogP contribution in [0.5, 0.6) is 0 Å². The zero-order valence-electron chi connectivity index (χ0n) is 4.68. The zero-order chi connectivity index (χ0) is 6.57. The molecule has 0 aromatic carbocycles. The van der Waals surface area contributed by atoms with Crippen LogP contribution in [0.2, 0.25) is 0 Å². The number of hydrogen-bond donors (Lipinski definition) is 1. The molecule has 0 aliphatic carbocycles. The van der Waals surface area contributed by atoms with Crippen molar-refractivity contribution in [2.45, 2.75) is 13.3 Å². The Kier molecular flexibility index (Phi) is 2.76. The third-order valence-electron chi connectivity index (χ3n) is 0.747. The molecular formula is C4H8N2O2. The van der Waals surface area contributed by atoms with Gasteiger partial charge in [0.15, 0.2) is 0 Å². The molecule has 8 heavy (non-hydrogen) atoms. The van der Waals surface area contributed by atoms with Gasteiger partial charge in [-0.2, -0.15) is 0 Å². The molecule has 0 saturated carbocycles. The van der Waals surface area contributed by atoms with Crippen LogP contribution >= 0.6 is 0 Å². The molecule has 4 heteroatoms. The Morgan fingerprint density at radius 2 is 2.38 bits per heavy atom. The van der Waals surface area contributed by atoms with Crippen LogP contribution in [0.4, 0.5) is 0 Å². The van der Waals surface area contributed by atoms with Crippen LogP contribution in [-0.4, -0.2) is 17.2 Å². The second kappa shape index (κ2) is 3.12. The first-order valence-electron chi connectivity index (χ1n) is 2.35. The van der Waals surface area contributed by atoms with Gasteiger partial charge in [-0.1, -0.05) is 6.92 Å². The number of nitrogens with zero attached hydrogens (tertiary/aromatic N) is 1. The fourth-order valence-corrected chi connectivity index (χ4v) is 0.268. The Hall–Kier alpha value is -0.930. The van der Waals surface area contributed by atoms with E-state index < -0.39 is 4.92 Å². The van der Waals surface area contributed by atoms with Gasteiger partial charge in [-0.15, -0.1) is 0 Å². The molecule has 0 aliphatic heterocycles. The van der Waals surface area contributed by atoms with Crippen molar-refractivity contribution in [2.75, 3.05) is 6.54 Å². The highest BCUT2D eigenvalue weighted by molar-refractivity contribution is 5.81. The first-order chi connectivity index (χ1) is 3.66. The summed E-state index contributed by atoms with van der Waals surface area (Å²) in [4.78, 5) is 9.14. The van der Waals surface area contributed by atoms with Gasteiger partial charge in [0, 0.05) is 4.92 Å². The van der Waals surface area contributed by atoms with Gasteiger partial charge in [-0.25, -0.2) is 0 Å². The Bertz CT molecular complexity index is 111. The highest BCUT2D eigenvalue weighted by atomic mass is 16.6. The second-order valence-electron chi connectivity index (χ2n) is 1.45. The highest BCUT2D eigenvalue weighted by Gasteiger charge is 1.99. The molecule has 0 spiro atoms. The van der Waals surface area contributed by atoms with Gasteiger partial charge in [0.2, 0.25) is 6.54 Å². The van der Waals surface area contributed by atoms with Crippen molar-refractivity contribution in [3.8, 4) is 0 Å². The smallest absolute Gasteiger partial charge is 0.241 e. The van der Waals surface area contributed by atoms with Gasteiger partial charge < -0.3 is 5.41 Å². The van der Waals surface area contributed by atoms with Gasteiger partial charge in [0.25, 0.3) is 0 Å². The summed E-state index contributed by atoms with van der Waals surface area (Å²) < 4.78 is 0. The molecule has 0 aliphatic rings. The SMILES string of the molecule is CCC(=N)C[N+](=O)[O-]. The minimum Gasteiger partial charge on any atom is -0.303 e. The van der Waals surface area contributed by atoms with Crippen LogP contribution < -0.4 is 0 Å². The summed E-state index contributed by atoms with van der Waals surface area (Å²) >= 11 is 0. The summed E-state index contributed by atoms with van der Waals surface area (Å²) in [5.41, 5.74) is 0.176.